The van der Waals surface area contributed by atoms with Crippen molar-refractivity contribution in [2.24, 2.45) is 11.8 Å². The molecule has 1 spiro atoms. The molecule has 6 heteroatoms. The summed E-state index contributed by atoms with van der Waals surface area (Å²) in [6.45, 7) is 5.79. The van der Waals surface area contributed by atoms with E-state index in [2.05, 4.69) is 15.9 Å². The fraction of sp³-hybridized carbons (Fsp3) is 0.714. The predicted molar refractivity (Wildman–Crippen MR) is 73.0 cm³/mol. The molecule has 110 valence electrons. The molecule has 5 atom stereocenters. The Hall–Kier alpha value is -0.880. The van der Waals surface area contributed by atoms with Gasteiger partial charge >= 0.3 is 11.9 Å². The largest absolute Gasteiger partial charge is 0.466 e. The average Bonchev–Trinajstić information content (AvgIpc) is 2.90. The zero-order valence-electron chi connectivity index (χ0n) is 11.6. The minimum Gasteiger partial charge on any atom is -0.466 e. The van der Waals surface area contributed by atoms with Crippen molar-refractivity contribution >= 4 is 27.9 Å². The molecule has 2 fully saturated rings. The lowest BCUT2D eigenvalue weighted by Gasteiger charge is -2.29. The Morgan fingerprint density at radius 3 is 2.80 bits per heavy atom. The molecule has 3 rings (SSSR count). The van der Waals surface area contributed by atoms with E-state index >= 15 is 0 Å². The highest BCUT2D eigenvalue weighted by Gasteiger charge is 2.76. The summed E-state index contributed by atoms with van der Waals surface area (Å²) in [7, 11) is 0. The van der Waals surface area contributed by atoms with Crippen LogP contribution in [0.3, 0.4) is 0 Å². The minimum absolute atomic E-state index is 0.280. The van der Waals surface area contributed by atoms with E-state index in [1.54, 1.807) is 6.92 Å². The zero-order chi connectivity index (χ0) is 14.7. The zero-order valence-corrected chi connectivity index (χ0v) is 13.2. The molecule has 3 aliphatic heterocycles. The summed E-state index contributed by atoms with van der Waals surface area (Å²) < 4.78 is 17.5. The van der Waals surface area contributed by atoms with Crippen molar-refractivity contribution in [1.29, 1.82) is 0 Å². The third-order valence-electron chi connectivity index (χ3n) is 4.49. The van der Waals surface area contributed by atoms with Crippen LogP contribution in [-0.2, 0) is 23.8 Å². The van der Waals surface area contributed by atoms with Crippen molar-refractivity contribution in [2.75, 3.05) is 6.61 Å². The van der Waals surface area contributed by atoms with Crippen molar-refractivity contribution in [3.63, 3.8) is 0 Å². The van der Waals surface area contributed by atoms with Gasteiger partial charge in [-0.2, -0.15) is 0 Å². The van der Waals surface area contributed by atoms with E-state index in [4.69, 9.17) is 14.2 Å². The number of halogens is 1. The molecule has 0 unspecified atom stereocenters. The van der Waals surface area contributed by atoms with E-state index in [9.17, 15) is 9.59 Å². The molecule has 3 aliphatic rings. The highest BCUT2D eigenvalue weighted by atomic mass is 79.9. The van der Waals surface area contributed by atoms with Crippen molar-refractivity contribution < 1.29 is 23.8 Å². The molecule has 0 aromatic heterocycles. The van der Waals surface area contributed by atoms with Crippen LogP contribution in [0, 0.1) is 11.8 Å². The van der Waals surface area contributed by atoms with Crippen LogP contribution in [0.2, 0.25) is 0 Å². The molecule has 0 N–H and O–H groups in total. The topological polar surface area (TPSA) is 61.8 Å². The number of hydrogen-bond donors (Lipinski definition) is 0. The molecule has 0 aliphatic carbocycles. The minimum atomic E-state index is -0.863. The van der Waals surface area contributed by atoms with Crippen LogP contribution in [-0.4, -0.2) is 35.9 Å². The first-order valence-corrected chi connectivity index (χ1v) is 7.66. The Bertz CT molecular complexity index is 516. The smallest absolute Gasteiger partial charge is 0.313 e. The van der Waals surface area contributed by atoms with E-state index in [0.29, 0.717) is 6.42 Å². The maximum atomic E-state index is 12.3. The van der Waals surface area contributed by atoms with E-state index in [1.807, 2.05) is 19.9 Å². The second-order valence-corrected chi connectivity index (χ2v) is 6.47. The van der Waals surface area contributed by atoms with Crippen molar-refractivity contribution in [2.45, 2.75) is 44.5 Å². The Labute approximate surface area is 125 Å². The van der Waals surface area contributed by atoms with E-state index in [1.165, 1.54) is 0 Å². The van der Waals surface area contributed by atoms with Crippen LogP contribution >= 0.6 is 15.9 Å². The highest BCUT2D eigenvalue weighted by Crippen LogP contribution is 2.63. The first-order chi connectivity index (χ1) is 9.40. The van der Waals surface area contributed by atoms with E-state index in [0.717, 1.165) is 4.48 Å². The van der Waals surface area contributed by atoms with E-state index in [-0.39, 0.29) is 18.7 Å². The van der Waals surface area contributed by atoms with Gasteiger partial charge in [-0.3, -0.25) is 9.59 Å². The standard InChI is InChI=1S/C14H17BrO5/c1-4-8-14-7(15)6-13(3,20-14)9(11(16)18-5-2)10(14)12(17)19-8/h6,8-10H,4-5H2,1-3H3/t8-,9-,10-,13-,14+/m1/s1. The Morgan fingerprint density at radius 2 is 2.20 bits per heavy atom. The second-order valence-electron chi connectivity index (χ2n) is 5.61. The number of cyclic esters (lactones) is 1. The average molecular weight is 345 g/mol. The number of fused-ring (bicyclic) bond motifs is 1. The normalized spacial score (nSPS) is 45.1. The fourth-order valence-electron chi connectivity index (χ4n) is 3.77. The summed E-state index contributed by atoms with van der Waals surface area (Å²) in [5, 5.41) is 0. The number of ether oxygens (including phenoxy) is 3. The van der Waals surface area contributed by atoms with E-state index < -0.39 is 29.0 Å². The van der Waals surface area contributed by atoms with Gasteiger partial charge in [-0.25, -0.2) is 0 Å². The van der Waals surface area contributed by atoms with Gasteiger partial charge in [0.2, 0.25) is 0 Å². The molecule has 0 aromatic carbocycles. The second kappa shape index (κ2) is 4.31. The molecule has 5 nitrogen and oxygen atoms in total. The third kappa shape index (κ3) is 1.46. The van der Waals surface area contributed by atoms with Crippen LogP contribution in [0.25, 0.3) is 0 Å². The van der Waals surface area contributed by atoms with Crippen molar-refractivity contribution in [1.82, 2.24) is 0 Å². The van der Waals surface area contributed by atoms with Gasteiger partial charge < -0.3 is 14.2 Å². The van der Waals surface area contributed by atoms with Crippen molar-refractivity contribution in [3.8, 4) is 0 Å². The first kappa shape index (κ1) is 14.1. The SMILES string of the molecule is CCOC(=O)[C@H]1[C@@H]2C(=O)O[C@H](CC)[C@]23O[C@]1(C)C=C3Br. The van der Waals surface area contributed by atoms with Gasteiger partial charge in [-0.15, -0.1) is 0 Å². The first-order valence-electron chi connectivity index (χ1n) is 6.86. The summed E-state index contributed by atoms with van der Waals surface area (Å²) >= 11 is 3.50. The van der Waals surface area contributed by atoms with Crippen LogP contribution in [0.4, 0.5) is 0 Å². The molecular formula is C14H17BrO5. The van der Waals surface area contributed by atoms with Crippen molar-refractivity contribution in [3.05, 3.63) is 10.6 Å². The summed E-state index contributed by atoms with van der Waals surface area (Å²) in [5.41, 5.74) is -1.68. The lowest BCUT2D eigenvalue weighted by atomic mass is 9.70. The van der Waals surface area contributed by atoms with Crippen LogP contribution < -0.4 is 0 Å². The predicted octanol–water partition coefficient (Wildman–Crippen LogP) is 1.94. The van der Waals surface area contributed by atoms with Crippen LogP contribution in [0.5, 0.6) is 0 Å². The van der Waals surface area contributed by atoms with Gasteiger partial charge in [0.1, 0.15) is 23.5 Å². The van der Waals surface area contributed by atoms with Crippen LogP contribution in [0.15, 0.2) is 10.6 Å². The molecule has 0 radical (unpaired) electrons. The van der Waals surface area contributed by atoms with Gasteiger partial charge in [0.15, 0.2) is 5.60 Å². The Balaban J connectivity index is 2.09. The number of esters is 2. The number of hydrogen-bond acceptors (Lipinski definition) is 5. The number of carbonyl (C=O) groups excluding carboxylic acids is 2. The van der Waals surface area contributed by atoms with Gasteiger partial charge in [-0.05, 0) is 26.3 Å². The van der Waals surface area contributed by atoms with Gasteiger partial charge in [0.25, 0.3) is 0 Å². The molecule has 2 bridgehead atoms. The molecule has 0 aromatic rings. The summed E-state index contributed by atoms with van der Waals surface area (Å²) in [6, 6.07) is 0. The third-order valence-corrected chi connectivity index (χ3v) is 5.34. The number of carbonyl (C=O) groups is 2. The summed E-state index contributed by atoms with van der Waals surface area (Å²) in [4.78, 5) is 24.5. The maximum absolute atomic E-state index is 12.3. The van der Waals surface area contributed by atoms with Gasteiger partial charge in [0.05, 0.1) is 6.61 Å². The highest BCUT2D eigenvalue weighted by molar-refractivity contribution is 9.11. The molecule has 2 saturated heterocycles. The molecule has 3 heterocycles. The van der Waals surface area contributed by atoms with Gasteiger partial charge in [-0.1, -0.05) is 22.9 Å². The number of rotatable bonds is 3. The molecule has 0 saturated carbocycles. The molecule has 20 heavy (non-hydrogen) atoms. The summed E-state index contributed by atoms with van der Waals surface area (Å²) in [5.74, 6) is -2.04. The maximum Gasteiger partial charge on any atom is 0.313 e. The lowest BCUT2D eigenvalue weighted by Crippen LogP contribution is -2.45. The monoisotopic (exact) mass is 344 g/mol. The molecule has 0 amide bonds. The molecular weight excluding hydrogens is 328 g/mol. The summed E-state index contributed by atoms with van der Waals surface area (Å²) in [6.07, 6.45) is 2.14. The van der Waals surface area contributed by atoms with Crippen LogP contribution in [0.1, 0.15) is 27.2 Å². The lowest BCUT2D eigenvalue weighted by molar-refractivity contribution is -0.162. The Kier molecular flexibility index (Phi) is 3.03. The quantitative estimate of drug-likeness (QED) is 0.732. The van der Waals surface area contributed by atoms with Gasteiger partial charge in [0, 0.05) is 4.48 Å². The fourth-order valence-corrected chi connectivity index (χ4v) is 4.81. The Morgan fingerprint density at radius 1 is 1.50 bits per heavy atom.